The first kappa shape index (κ1) is 11.4. The minimum atomic E-state index is -0.689. The van der Waals surface area contributed by atoms with Gasteiger partial charge in [-0.3, -0.25) is 4.79 Å². The van der Waals surface area contributed by atoms with E-state index >= 15 is 0 Å². The number of anilines is 1. The number of amides is 1. The molecule has 0 aliphatic rings. The van der Waals surface area contributed by atoms with Crippen LogP contribution in [0.5, 0.6) is 0 Å². The van der Waals surface area contributed by atoms with Gasteiger partial charge in [0, 0.05) is 19.3 Å². The van der Waals surface area contributed by atoms with Crippen LogP contribution in [0.15, 0.2) is 18.2 Å². The monoisotopic (exact) mass is 214 g/mol. The van der Waals surface area contributed by atoms with Crippen LogP contribution in [0.2, 0.25) is 0 Å². The smallest absolute Gasteiger partial charge is 0.258 e. The lowest BCUT2D eigenvalue weighted by atomic mass is 10.1. The molecule has 82 valence electrons. The Bertz CT molecular complexity index is 348. The molecule has 2 N–H and O–H groups in total. The second kappa shape index (κ2) is 4.72. The molecule has 5 heteroatoms. The summed E-state index contributed by atoms with van der Waals surface area (Å²) in [6.07, 6.45) is 0. The summed E-state index contributed by atoms with van der Waals surface area (Å²) < 4.78 is 25.3. The lowest BCUT2D eigenvalue weighted by molar-refractivity contribution is 0.0782. The van der Waals surface area contributed by atoms with Gasteiger partial charge < -0.3 is 10.6 Å². The van der Waals surface area contributed by atoms with E-state index in [-0.39, 0.29) is 17.8 Å². The van der Waals surface area contributed by atoms with Crippen molar-refractivity contribution in [3.05, 3.63) is 29.6 Å². The summed E-state index contributed by atoms with van der Waals surface area (Å²) in [5, 5.41) is 0. The number of halogens is 2. The molecule has 15 heavy (non-hydrogen) atoms. The Hall–Kier alpha value is -1.65. The van der Waals surface area contributed by atoms with E-state index in [1.165, 1.54) is 19.2 Å². The van der Waals surface area contributed by atoms with Crippen LogP contribution in [-0.4, -0.2) is 31.1 Å². The Morgan fingerprint density at radius 2 is 2.20 bits per heavy atom. The van der Waals surface area contributed by atoms with Gasteiger partial charge in [0.25, 0.3) is 5.91 Å². The average Bonchev–Trinajstić information content (AvgIpc) is 2.17. The number of hydrogen-bond donors (Lipinski definition) is 1. The maximum atomic E-state index is 13.3. The summed E-state index contributed by atoms with van der Waals surface area (Å²) in [6, 6.07) is 3.99. The maximum Gasteiger partial charge on any atom is 0.258 e. The average molecular weight is 214 g/mol. The molecule has 1 rings (SSSR count). The van der Waals surface area contributed by atoms with Gasteiger partial charge in [0.15, 0.2) is 0 Å². The first-order valence-corrected chi connectivity index (χ1v) is 4.43. The molecule has 0 saturated heterocycles. The first-order valence-electron chi connectivity index (χ1n) is 4.43. The van der Waals surface area contributed by atoms with Crippen molar-refractivity contribution in [2.75, 3.05) is 26.0 Å². The molecule has 1 aromatic rings. The van der Waals surface area contributed by atoms with Gasteiger partial charge in [-0.05, 0) is 12.1 Å². The molecule has 0 unspecified atom stereocenters. The first-order chi connectivity index (χ1) is 7.07. The fourth-order valence-electron chi connectivity index (χ4n) is 1.19. The van der Waals surface area contributed by atoms with Crippen molar-refractivity contribution in [1.29, 1.82) is 0 Å². The Morgan fingerprint density at radius 1 is 1.53 bits per heavy atom. The van der Waals surface area contributed by atoms with Crippen LogP contribution in [0.4, 0.5) is 14.5 Å². The number of rotatable bonds is 3. The van der Waals surface area contributed by atoms with Crippen molar-refractivity contribution in [2.24, 2.45) is 0 Å². The van der Waals surface area contributed by atoms with Gasteiger partial charge in [0.2, 0.25) is 0 Å². The minimum absolute atomic E-state index is 0.0608. The van der Waals surface area contributed by atoms with Crippen molar-refractivity contribution in [3.8, 4) is 0 Å². The fourth-order valence-corrected chi connectivity index (χ4v) is 1.19. The van der Waals surface area contributed by atoms with E-state index in [0.717, 1.165) is 11.0 Å². The molecule has 0 aliphatic carbocycles. The number of carbonyl (C=O) groups is 1. The van der Waals surface area contributed by atoms with E-state index in [1.807, 2.05) is 0 Å². The highest BCUT2D eigenvalue weighted by molar-refractivity contribution is 5.99. The predicted octanol–water partition coefficient (Wildman–Crippen LogP) is 1.45. The number of alkyl halides is 1. The van der Waals surface area contributed by atoms with Crippen molar-refractivity contribution in [1.82, 2.24) is 4.90 Å². The van der Waals surface area contributed by atoms with E-state index in [9.17, 15) is 13.6 Å². The topological polar surface area (TPSA) is 46.3 Å². The molecule has 0 aliphatic heterocycles. The van der Waals surface area contributed by atoms with E-state index in [2.05, 4.69) is 0 Å². The quantitative estimate of drug-likeness (QED) is 0.774. The van der Waals surface area contributed by atoms with Gasteiger partial charge >= 0.3 is 0 Å². The van der Waals surface area contributed by atoms with Gasteiger partial charge in [0.1, 0.15) is 12.5 Å². The lowest BCUT2D eigenvalue weighted by Crippen LogP contribution is -2.30. The maximum absolute atomic E-state index is 13.3. The van der Waals surface area contributed by atoms with Crippen LogP contribution in [0.1, 0.15) is 10.4 Å². The normalized spacial score (nSPS) is 10.1. The second-order valence-corrected chi connectivity index (χ2v) is 3.12. The van der Waals surface area contributed by atoms with Crippen LogP contribution in [0.25, 0.3) is 0 Å². The third kappa shape index (κ3) is 2.43. The van der Waals surface area contributed by atoms with Gasteiger partial charge in [-0.15, -0.1) is 0 Å². The molecule has 1 aromatic carbocycles. The van der Waals surface area contributed by atoms with Crippen LogP contribution < -0.4 is 5.73 Å². The van der Waals surface area contributed by atoms with Gasteiger partial charge in [-0.1, -0.05) is 6.07 Å². The number of benzene rings is 1. The molecular formula is C10H12F2N2O. The number of carbonyl (C=O) groups excluding carboxylic acids is 1. The minimum Gasteiger partial charge on any atom is -0.398 e. The van der Waals surface area contributed by atoms with E-state index in [1.54, 1.807) is 0 Å². The largest absolute Gasteiger partial charge is 0.398 e. The number of nitrogen functional groups attached to an aromatic ring is 1. The molecule has 0 saturated carbocycles. The lowest BCUT2D eigenvalue weighted by Gasteiger charge is -2.16. The van der Waals surface area contributed by atoms with Gasteiger partial charge in [-0.25, -0.2) is 8.78 Å². The molecule has 3 nitrogen and oxygen atoms in total. The third-order valence-corrected chi connectivity index (χ3v) is 2.03. The highest BCUT2D eigenvalue weighted by Crippen LogP contribution is 2.17. The Morgan fingerprint density at radius 3 is 2.73 bits per heavy atom. The number of nitrogens with two attached hydrogens (primary N) is 1. The van der Waals surface area contributed by atoms with Crippen LogP contribution in [0, 0.1) is 5.82 Å². The van der Waals surface area contributed by atoms with E-state index < -0.39 is 18.4 Å². The predicted molar refractivity (Wildman–Crippen MR) is 53.7 cm³/mol. The van der Waals surface area contributed by atoms with Crippen LogP contribution in [0.3, 0.4) is 0 Å². The molecule has 0 bridgehead atoms. The van der Waals surface area contributed by atoms with Crippen molar-refractivity contribution in [3.63, 3.8) is 0 Å². The van der Waals surface area contributed by atoms with Crippen molar-refractivity contribution in [2.45, 2.75) is 0 Å². The van der Waals surface area contributed by atoms with Crippen molar-refractivity contribution < 1.29 is 13.6 Å². The van der Waals surface area contributed by atoms with E-state index in [4.69, 9.17) is 5.73 Å². The zero-order chi connectivity index (χ0) is 11.4. The molecule has 0 fully saturated rings. The molecule has 0 heterocycles. The molecule has 0 atom stereocenters. The zero-order valence-electron chi connectivity index (χ0n) is 8.34. The molecule has 0 aromatic heterocycles. The SMILES string of the molecule is CN(CCF)C(=O)c1c(N)cccc1F. The molecule has 0 radical (unpaired) electrons. The Kier molecular flexibility index (Phi) is 3.60. The molecule has 1 amide bonds. The Labute approximate surface area is 86.5 Å². The third-order valence-electron chi connectivity index (χ3n) is 2.03. The zero-order valence-corrected chi connectivity index (χ0v) is 8.34. The van der Waals surface area contributed by atoms with E-state index in [0.29, 0.717) is 0 Å². The molecule has 0 spiro atoms. The second-order valence-electron chi connectivity index (χ2n) is 3.12. The number of nitrogens with zero attached hydrogens (tertiary/aromatic N) is 1. The van der Waals surface area contributed by atoms with Crippen LogP contribution in [-0.2, 0) is 0 Å². The summed E-state index contributed by atoms with van der Waals surface area (Å²) >= 11 is 0. The summed E-state index contributed by atoms with van der Waals surface area (Å²) in [4.78, 5) is 12.7. The van der Waals surface area contributed by atoms with Crippen LogP contribution >= 0.6 is 0 Å². The fraction of sp³-hybridized carbons (Fsp3) is 0.300. The van der Waals surface area contributed by atoms with Crippen molar-refractivity contribution >= 4 is 11.6 Å². The summed E-state index contributed by atoms with van der Waals surface area (Å²) in [7, 11) is 1.40. The standard InChI is InChI=1S/C10H12F2N2O/c1-14(6-5-11)10(15)9-7(12)3-2-4-8(9)13/h2-4H,5-6,13H2,1H3. The summed E-state index contributed by atoms with van der Waals surface area (Å²) in [5.41, 5.74) is 5.34. The van der Waals surface area contributed by atoms with Gasteiger partial charge in [-0.2, -0.15) is 0 Å². The highest BCUT2D eigenvalue weighted by atomic mass is 19.1. The molecular weight excluding hydrogens is 202 g/mol. The summed E-state index contributed by atoms with van der Waals surface area (Å²) in [6.45, 7) is -0.747. The summed E-state index contributed by atoms with van der Waals surface area (Å²) in [5.74, 6) is -1.30. The number of hydrogen-bond acceptors (Lipinski definition) is 2. The highest BCUT2D eigenvalue weighted by Gasteiger charge is 2.18. The van der Waals surface area contributed by atoms with Gasteiger partial charge in [0.05, 0.1) is 5.56 Å². The Balaban J connectivity index is 3.00.